The van der Waals surface area contributed by atoms with Crippen molar-refractivity contribution in [3.63, 3.8) is 0 Å². The fourth-order valence-electron chi connectivity index (χ4n) is 4.98. The number of halogens is 1. The maximum atomic E-state index is 14.9. The van der Waals surface area contributed by atoms with Crippen molar-refractivity contribution >= 4 is 23.8 Å². The number of ether oxygens (including phenoxy) is 2. The van der Waals surface area contributed by atoms with Crippen LogP contribution in [0, 0.1) is 5.92 Å². The van der Waals surface area contributed by atoms with Crippen LogP contribution in [0.2, 0.25) is 0 Å². The highest BCUT2D eigenvalue weighted by molar-refractivity contribution is 6.10. The molecule has 0 bridgehead atoms. The highest BCUT2D eigenvalue weighted by atomic mass is 19.1. The van der Waals surface area contributed by atoms with E-state index in [0.29, 0.717) is 24.4 Å². The van der Waals surface area contributed by atoms with Crippen molar-refractivity contribution in [3.8, 4) is 5.75 Å². The van der Waals surface area contributed by atoms with E-state index in [0.717, 1.165) is 5.56 Å². The predicted molar refractivity (Wildman–Crippen MR) is 132 cm³/mol. The van der Waals surface area contributed by atoms with Gasteiger partial charge in [-0.2, -0.15) is 0 Å². The molecule has 3 N–H and O–H groups in total. The zero-order chi connectivity index (χ0) is 27.2. The summed E-state index contributed by atoms with van der Waals surface area (Å²) in [5.41, 5.74) is -0.650. The SMILES string of the molecule is COc1ccc2c(c1)C(=O)N(CC1(C3=CC4C=C(C(=O)NCCN(C)C)C(F)=CC4O3)NC(=O)NC1=O)C2. The van der Waals surface area contributed by atoms with Gasteiger partial charge in [0.1, 0.15) is 23.4 Å². The van der Waals surface area contributed by atoms with Gasteiger partial charge in [0.05, 0.1) is 19.2 Å². The predicted octanol–water partition coefficient (Wildman–Crippen LogP) is 0.599. The van der Waals surface area contributed by atoms with Gasteiger partial charge < -0.3 is 29.9 Å². The van der Waals surface area contributed by atoms with Crippen molar-refractivity contribution in [2.24, 2.45) is 5.92 Å². The van der Waals surface area contributed by atoms with E-state index in [-0.39, 0.29) is 30.3 Å². The van der Waals surface area contributed by atoms with Crippen molar-refractivity contribution in [3.05, 3.63) is 64.7 Å². The Kier molecular flexibility index (Phi) is 6.43. The summed E-state index contributed by atoms with van der Waals surface area (Å²) in [7, 11) is 5.22. The molecule has 1 saturated heterocycles. The number of amides is 5. The number of methoxy groups -OCH3 is 1. The number of carbonyl (C=O) groups excluding carboxylic acids is 4. The highest BCUT2D eigenvalue weighted by Crippen LogP contribution is 2.39. The van der Waals surface area contributed by atoms with Crippen LogP contribution in [0.4, 0.5) is 9.18 Å². The Bertz CT molecular complexity index is 1320. The first-order chi connectivity index (χ1) is 18.1. The molecule has 0 saturated carbocycles. The van der Waals surface area contributed by atoms with Crippen LogP contribution in [-0.2, 0) is 20.9 Å². The van der Waals surface area contributed by atoms with E-state index in [1.54, 1.807) is 24.3 Å². The fraction of sp³-hybridized carbons (Fsp3) is 0.385. The van der Waals surface area contributed by atoms with Crippen LogP contribution in [0.15, 0.2) is 53.6 Å². The largest absolute Gasteiger partial charge is 0.497 e. The highest BCUT2D eigenvalue weighted by Gasteiger charge is 2.55. The Balaban J connectivity index is 1.40. The summed E-state index contributed by atoms with van der Waals surface area (Å²) in [6, 6.07) is 4.40. The van der Waals surface area contributed by atoms with Crippen LogP contribution in [0.3, 0.4) is 0 Å². The summed E-state index contributed by atoms with van der Waals surface area (Å²) in [5, 5.41) is 7.53. The standard InChI is InChI=1S/C26H28FN5O6/c1-31(2)7-6-28-22(33)18-8-15-9-21(38-20(15)11-19(18)27)26(24(35)29-25(36)30-26)13-32-12-14-4-5-16(37-3)10-17(14)23(32)34/h4-5,8-11,15,20H,6-7,12-13H2,1-3H3,(H,28,33)(H2,29,30,35,36). The quantitative estimate of drug-likeness (QED) is 0.424. The summed E-state index contributed by atoms with van der Waals surface area (Å²) >= 11 is 0. The van der Waals surface area contributed by atoms with Crippen LogP contribution < -0.4 is 20.7 Å². The molecule has 1 aromatic rings. The van der Waals surface area contributed by atoms with Crippen molar-refractivity contribution in [2.75, 3.05) is 40.8 Å². The smallest absolute Gasteiger partial charge is 0.322 e. The van der Waals surface area contributed by atoms with E-state index in [1.165, 1.54) is 24.2 Å². The second kappa shape index (κ2) is 9.60. The lowest BCUT2D eigenvalue weighted by Crippen LogP contribution is -2.57. The van der Waals surface area contributed by atoms with Gasteiger partial charge in [0, 0.05) is 31.1 Å². The van der Waals surface area contributed by atoms with E-state index in [1.807, 2.05) is 19.0 Å². The first-order valence-electron chi connectivity index (χ1n) is 12.1. The number of urea groups is 1. The van der Waals surface area contributed by atoms with Crippen molar-refractivity contribution in [1.29, 1.82) is 0 Å². The van der Waals surface area contributed by atoms with E-state index in [2.05, 4.69) is 16.0 Å². The number of fused-ring (bicyclic) bond motifs is 2. The molecule has 3 unspecified atom stereocenters. The van der Waals surface area contributed by atoms with Gasteiger partial charge in [0.2, 0.25) is 0 Å². The molecule has 0 aromatic heterocycles. The van der Waals surface area contributed by atoms with Gasteiger partial charge in [-0.15, -0.1) is 0 Å². The Morgan fingerprint density at radius 3 is 2.74 bits per heavy atom. The number of likely N-dealkylation sites (N-methyl/N-ethyl adjacent to an activating group) is 1. The average molecular weight is 526 g/mol. The molecule has 0 radical (unpaired) electrons. The third kappa shape index (κ3) is 4.40. The van der Waals surface area contributed by atoms with Gasteiger partial charge >= 0.3 is 6.03 Å². The normalized spacial score (nSPS) is 25.7. The van der Waals surface area contributed by atoms with Gasteiger partial charge in [-0.25, -0.2) is 9.18 Å². The molecule has 200 valence electrons. The Hall–Kier alpha value is -4.19. The van der Waals surface area contributed by atoms with E-state index < -0.39 is 41.2 Å². The molecule has 38 heavy (non-hydrogen) atoms. The maximum Gasteiger partial charge on any atom is 0.322 e. The monoisotopic (exact) mass is 525 g/mol. The number of nitrogens with zero attached hydrogens (tertiary/aromatic N) is 2. The lowest BCUT2D eigenvalue weighted by atomic mass is 9.90. The average Bonchev–Trinajstić information content (AvgIpc) is 3.51. The van der Waals surface area contributed by atoms with Crippen LogP contribution in [0.5, 0.6) is 5.75 Å². The topological polar surface area (TPSA) is 129 Å². The number of hydrogen-bond acceptors (Lipinski definition) is 7. The number of rotatable bonds is 8. The molecule has 3 aliphatic heterocycles. The molecule has 3 atom stereocenters. The first kappa shape index (κ1) is 25.5. The van der Waals surface area contributed by atoms with Crippen LogP contribution in [0.25, 0.3) is 0 Å². The van der Waals surface area contributed by atoms with Gasteiger partial charge in [-0.1, -0.05) is 12.1 Å². The van der Waals surface area contributed by atoms with E-state index >= 15 is 0 Å². The number of carbonyl (C=O) groups is 4. The summed E-state index contributed by atoms with van der Waals surface area (Å²) < 4.78 is 26.0. The lowest BCUT2D eigenvalue weighted by molar-refractivity contribution is -0.124. The molecule has 5 rings (SSSR count). The van der Waals surface area contributed by atoms with E-state index in [9.17, 15) is 23.6 Å². The second-order valence-electron chi connectivity index (χ2n) is 9.84. The third-order valence-electron chi connectivity index (χ3n) is 6.99. The fourth-order valence-corrected chi connectivity index (χ4v) is 4.98. The number of nitrogens with one attached hydrogen (secondary N) is 3. The van der Waals surface area contributed by atoms with Crippen LogP contribution >= 0.6 is 0 Å². The maximum absolute atomic E-state index is 14.9. The Labute approximate surface area is 218 Å². The molecular weight excluding hydrogens is 497 g/mol. The van der Waals surface area contributed by atoms with Crippen LogP contribution in [-0.4, -0.2) is 86.0 Å². The number of benzene rings is 1. The summed E-state index contributed by atoms with van der Waals surface area (Å²) in [4.78, 5) is 54.5. The number of imide groups is 1. The molecular formula is C26H28FN5O6. The van der Waals surface area contributed by atoms with Gasteiger partial charge in [0.25, 0.3) is 17.7 Å². The minimum absolute atomic E-state index is 0.0757. The third-order valence-corrected chi connectivity index (χ3v) is 6.99. The minimum atomic E-state index is -1.72. The van der Waals surface area contributed by atoms with Gasteiger partial charge in [0.15, 0.2) is 5.54 Å². The summed E-state index contributed by atoms with van der Waals surface area (Å²) in [6.45, 7) is 0.941. The zero-order valence-corrected chi connectivity index (χ0v) is 21.2. The van der Waals surface area contributed by atoms with Gasteiger partial charge in [-0.05, 0) is 43.9 Å². The van der Waals surface area contributed by atoms with E-state index in [4.69, 9.17) is 9.47 Å². The Morgan fingerprint density at radius 2 is 2.05 bits per heavy atom. The van der Waals surface area contributed by atoms with Crippen molar-refractivity contribution in [1.82, 2.24) is 25.8 Å². The molecule has 11 nitrogen and oxygen atoms in total. The molecule has 12 heteroatoms. The van der Waals surface area contributed by atoms with Crippen molar-refractivity contribution in [2.45, 2.75) is 18.2 Å². The summed E-state index contributed by atoms with van der Waals surface area (Å²) in [6.07, 6.45) is 3.40. The molecule has 1 fully saturated rings. The number of hydrogen-bond donors (Lipinski definition) is 3. The first-order valence-corrected chi connectivity index (χ1v) is 12.1. The van der Waals surface area contributed by atoms with Gasteiger partial charge in [-0.3, -0.25) is 19.7 Å². The van der Waals surface area contributed by atoms with Crippen molar-refractivity contribution < 1.29 is 33.0 Å². The molecule has 1 aromatic carbocycles. The minimum Gasteiger partial charge on any atom is -0.497 e. The molecule has 0 spiro atoms. The molecule has 4 aliphatic rings. The van der Waals surface area contributed by atoms with Crippen LogP contribution in [0.1, 0.15) is 15.9 Å². The second-order valence-corrected chi connectivity index (χ2v) is 9.84. The lowest BCUT2D eigenvalue weighted by Gasteiger charge is -2.32. The molecule has 1 aliphatic carbocycles. The zero-order valence-electron chi connectivity index (χ0n) is 21.2. The molecule has 3 heterocycles. The molecule has 5 amide bonds. The summed E-state index contributed by atoms with van der Waals surface area (Å²) in [5.74, 6) is -2.28. The Morgan fingerprint density at radius 1 is 1.26 bits per heavy atom.